The van der Waals surface area contributed by atoms with Crippen molar-refractivity contribution in [2.45, 2.75) is 6.54 Å². The molecule has 0 saturated carbocycles. The molecule has 10 heteroatoms. The van der Waals surface area contributed by atoms with Gasteiger partial charge in [0.2, 0.25) is 5.91 Å². The molecular formula is C22H20N6O4. The fourth-order valence-corrected chi connectivity index (χ4v) is 3.37. The third kappa shape index (κ3) is 3.81. The number of hydrogen-bond acceptors (Lipinski definition) is 5. The molecule has 0 aliphatic heterocycles. The predicted molar refractivity (Wildman–Crippen MR) is 120 cm³/mol. The Kier molecular flexibility index (Phi) is 5.42. The number of carbonyl (C=O) groups excluding carboxylic acids is 2. The van der Waals surface area contributed by atoms with E-state index in [1.807, 2.05) is 6.07 Å². The number of para-hydroxylation sites is 2. The van der Waals surface area contributed by atoms with Crippen molar-refractivity contribution in [2.24, 2.45) is 14.1 Å². The van der Waals surface area contributed by atoms with Crippen LogP contribution in [-0.2, 0) is 25.4 Å². The van der Waals surface area contributed by atoms with E-state index in [9.17, 15) is 19.2 Å². The van der Waals surface area contributed by atoms with Crippen molar-refractivity contribution in [3.05, 3.63) is 87.3 Å². The van der Waals surface area contributed by atoms with Gasteiger partial charge in [-0.15, -0.1) is 0 Å². The number of nitrogens with zero attached hydrogens (tertiary/aromatic N) is 4. The highest BCUT2D eigenvalue weighted by atomic mass is 16.2. The number of benzene rings is 2. The lowest BCUT2D eigenvalue weighted by Gasteiger charge is -2.12. The molecule has 10 nitrogen and oxygen atoms in total. The van der Waals surface area contributed by atoms with Crippen LogP contribution in [0, 0.1) is 0 Å². The molecule has 0 radical (unpaired) electrons. The number of rotatable bonds is 5. The lowest BCUT2D eigenvalue weighted by Crippen LogP contribution is -2.37. The molecule has 2 heterocycles. The van der Waals surface area contributed by atoms with Crippen LogP contribution in [0.3, 0.4) is 0 Å². The Morgan fingerprint density at radius 1 is 0.906 bits per heavy atom. The van der Waals surface area contributed by atoms with E-state index in [1.165, 1.54) is 29.6 Å². The molecule has 0 aliphatic carbocycles. The Hall–Kier alpha value is -4.47. The molecule has 2 amide bonds. The minimum Gasteiger partial charge on any atom is -0.324 e. The van der Waals surface area contributed by atoms with Crippen LogP contribution < -0.4 is 21.9 Å². The van der Waals surface area contributed by atoms with Gasteiger partial charge in [0.15, 0.2) is 11.2 Å². The summed E-state index contributed by atoms with van der Waals surface area (Å²) in [4.78, 5) is 54.2. The highest BCUT2D eigenvalue weighted by molar-refractivity contribution is 6.10. The van der Waals surface area contributed by atoms with Crippen LogP contribution >= 0.6 is 0 Å². The summed E-state index contributed by atoms with van der Waals surface area (Å²) in [7, 11) is 2.87. The molecule has 162 valence electrons. The van der Waals surface area contributed by atoms with E-state index in [0.29, 0.717) is 16.9 Å². The molecule has 0 fully saturated rings. The van der Waals surface area contributed by atoms with Crippen LogP contribution in [0.15, 0.2) is 70.5 Å². The van der Waals surface area contributed by atoms with Gasteiger partial charge in [-0.05, 0) is 24.3 Å². The van der Waals surface area contributed by atoms with Gasteiger partial charge in [0.1, 0.15) is 6.54 Å². The monoisotopic (exact) mass is 432 g/mol. The van der Waals surface area contributed by atoms with E-state index >= 15 is 0 Å². The first-order chi connectivity index (χ1) is 15.4. The number of imidazole rings is 1. The van der Waals surface area contributed by atoms with Gasteiger partial charge >= 0.3 is 5.69 Å². The van der Waals surface area contributed by atoms with Gasteiger partial charge in [0.25, 0.3) is 11.5 Å². The topological polar surface area (TPSA) is 120 Å². The van der Waals surface area contributed by atoms with Crippen LogP contribution in [0.1, 0.15) is 10.4 Å². The van der Waals surface area contributed by atoms with E-state index in [4.69, 9.17) is 0 Å². The molecule has 32 heavy (non-hydrogen) atoms. The number of carbonyl (C=O) groups is 2. The molecule has 2 aromatic carbocycles. The van der Waals surface area contributed by atoms with Crippen LogP contribution in [0.4, 0.5) is 11.4 Å². The highest BCUT2D eigenvalue weighted by Crippen LogP contribution is 2.18. The summed E-state index contributed by atoms with van der Waals surface area (Å²) in [5, 5.41) is 5.50. The number of anilines is 2. The normalized spacial score (nSPS) is 10.8. The second kappa shape index (κ2) is 8.34. The summed E-state index contributed by atoms with van der Waals surface area (Å²) in [6, 6.07) is 15.6. The zero-order chi connectivity index (χ0) is 22.8. The summed E-state index contributed by atoms with van der Waals surface area (Å²) in [6.45, 7) is -0.224. The van der Waals surface area contributed by atoms with Crippen molar-refractivity contribution in [3.8, 4) is 0 Å². The van der Waals surface area contributed by atoms with Gasteiger partial charge in [0.05, 0.1) is 17.6 Å². The quantitative estimate of drug-likeness (QED) is 0.493. The van der Waals surface area contributed by atoms with Crippen molar-refractivity contribution < 1.29 is 9.59 Å². The average Bonchev–Trinajstić information content (AvgIpc) is 3.20. The number of amides is 2. The van der Waals surface area contributed by atoms with E-state index in [2.05, 4.69) is 15.6 Å². The van der Waals surface area contributed by atoms with Crippen molar-refractivity contribution in [2.75, 3.05) is 10.6 Å². The van der Waals surface area contributed by atoms with E-state index in [-0.39, 0.29) is 23.6 Å². The summed E-state index contributed by atoms with van der Waals surface area (Å²) in [5.41, 5.74) is 0.527. The second-order valence-corrected chi connectivity index (χ2v) is 7.16. The second-order valence-electron chi connectivity index (χ2n) is 7.16. The van der Waals surface area contributed by atoms with E-state index in [1.54, 1.807) is 48.5 Å². The van der Waals surface area contributed by atoms with Gasteiger partial charge in [-0.3, -0.25) is 23.5 Å². The first-order valence-electron chi connectivity index (χ1n) is 9.73. The Morgan fingerprint density at radius 2 is 1.59 bits per heavy atom. The number of fused-ring (bicyclic) bond motifs is 1. The minimum absolute atomic E-state index is 0.139. The van der Waals surface area contributed by atoms with Crippen LogP contribution in [0.5, 0.6) is 0 Å². The first-order valence-corrected chi connectivity index (χ1v) is 9.73. The van der Waals surface area contributed by atoms with E-state index in [0.717, 1.165) is 4.57 Å². The fourth-order valence-electron chi connectivity index (χ4n) is 3.37. The summed E-state index contributed by atoms with van der Waals surface area (Å²) < 4.78 is 3.58. The van der Waals surface area contributed by atoms with Crippen LogP contribution in [0.25, 0.3) is 11.2 Å². The number of hydrogen-bond donors (Lipinski definition) is 2. The zero-order valence-corrected chi connectivity index (χ0v) is 17.4. The molecule has 0 atom stereocenters. The third-order valence-electron chi connectivity index (χ3n) is 5.01. The van der Waals surface area contributed by atoms with Crippen molar-refractivity contribution >= 4 is 34.4 Å². The van der Waals surface area contributed by atoms with Gasteiger partial charge in [-0.1, -0.05) is 30.3 Å². The molecule has 4 rings (SSSR count). The molecule has 0 saturated heterocycles. The van der Waals surface area contributed by atoms with Crippen molar-refractivity contribution in [1.82, 2.24) is 18.7 Å². The molecule has 2 aromatic heterocycles. The van der Waals surface area contributed by atoms with E-state index < -0.39 is 17.2 Å². The Bertz CT molecular complexity index is 1450. The van der Waals surface area contributed by atoms with Crippen LogP contribution in [0.2, 0.25) is 0 Å². The summed E-state index contributed by atoms with van der Waals surface area (Å²) >= 11 is 0. The number of nitrogens with one attached hydrogen (secondary N) is 2. The molecule has 0 bridgehead atoms. The molecule has 2 N–H and O–H groups in total. The minimum atomic E-state index is -0.545. The predicted octanol–water partition coefficient (Wildman–Crippen LogP) is 1.32. The molecular weight excluding hydrogens is 412 g/mol. The molecule has 0 unspecified atom stereocenters. The Balaban J connectivity index is 1.58. The maximum absolute atomic E-state index is 12.7. The van der Waals surface area contributed by atoms with Gasteiger partial charge < -0.3 is 15.2 Å². The lowest BCUT2D eigenvalue weighted by molar-refractivity contribution is -0.116. The maximum atomic E-state index is 12.7. The van der Waals surface area contributed by atoms with Crippen molar-refractivity contribution in [1.29, 1.82) is 0 Å². The lowest BCUT2D eigenvalue weighted by atomic mass is 10.1. The van der Waals surface area contributed by atoms with Crippen molar-refractivity contribution in [3.63, 3.8) is 0 Å². The zero-order valence-electron chi connectivity index (χ0n) is 17.4. The van der Waals surface area contributed by atoms with Crippen LogP contribution in [-0.4, -0.2) is 30.5 Å². The molecule has 0 spiro atoms. The van der Waals surface area contributed by atoms with Gasteiger partial charge in [0, 0.05) is 19.8 Å². The fraction of sp³-hybridized carbons (Fsp3) is 0.136. The number of aromatic nitrogens is 4. The Morgan fingerprint density at radius 3 is 2.34 bits per heavy atom. The molecule has 0 aliphatic rings. The highest BCUT2D eigenvalue weighted by Gasteiger charge is 2.17. The van der Waals surface area contributed by atoms with Gasteiger partial charge in [-0.25, -0.2) is 9.78 Å². The maximum Gasteiger partial charge on any atom is 0.332 e. The number of aryl methyl sites for hydroxylation is 1. The standard InChI is InChI=1S/C22H20N6O4/c1-26-19-18(21(31)27(2)22(26)32)28(13-23-19)12-17(29)25-16-11-7-6-10-15(16)20(30)24-14-8-4-3-5-9-14/h3-11,13H,12H2,1-2H3,(H,24,30)(H,25,29). The SMILES string of the molecule is Cn1c(=O)c2c(ncn2CC(=O)Nc2ccccc2C(=O)Nc2ccccc2)n(C)c1=O. The third-order valence-corrected chi connectivity index (χ3v) is 5.01. The first kappa shape index (κ1) is 20.8. The summed E-state index contributed by atoms with van der Waals surface area (Å²) in [5.74, 6) is -0.829. The van der Waals surface area contributed by atoms with Gasteiger partial charge in [-0.2, -0.15) is 0 Å². The largest absolute Gasteiger partial charge is 0.332 e. The molecule has 4 aromatic rings. The Labute approximate surface area is 181 Å². The average molecular weight is 432 g/mol. The smallest absolute Gasteiger partial charge is 0.324 e. The summed E-state index contributed by atoms with van der Waals surface area (Å²) in [6.07, 6.45) is 1.33.